The smallest absolute Gasteiger partial charge is 0.153 e. The molecule has 0 aliphatic rings. The number of hydrogen-bond acceptors (Lipinski definition) is 2. The topological polar surface area (TPSA) is 48.9 Å². The van der Waals surface area contributed by atoms with E-state index in [-0.39, 0.29) is 6.61 Å². The molecule has 0 saturated heterocycles. The maximum atomic E-state index is 8.99. The Hall–Kier alpha value is -1.32. The molecule has 2 N–H and O–H groups in total. The van der Waals surface area contributed by atoms with Gasteiger partial charge in [-0.1, -0.05) is 35.9 Å². The molecule has 2 aromatic rings. The number of halogens is 1. The minimum atomic E-state index is -0.127. The molecule has 0 aliphatic heterocycles. The maximum Gasteiger partial charge on any atom is 0.153 e. The summed E-state index contributed by atoms with van der Waals surface area (Å²) in [6, 6.07) is 7.88. The van der Waals surface area contributed by atoms with Gasteiger partial charge in [0.1, 0.15) is 5.82 Å². The van der Waals surface area contributed by atoms with Gasteiger partial charge < -0.3 is 10.1 Å². The molecule has 1 heterocycles. The molecule has 0 amide bonds. The first-order valence-corrected chi connectivity index (χ1v) is 5.01. The maximum absolute atomic E-state index is 8.99. The van der Waals surface area contributed by atoms with Crippen molar-refractivity contribution in [3.63, 3.8) is 0 Å². The first-order valence-electron chi connectivity index (χ1n) is 4.63. The number of H-pyrrole nitrogens is 1. The summed E-state index contributed by atoms with van der Waals surface area (Å²) < 4.78 is 0. The van der Waals surface area contributed by atoms with Crippen LogP contribution in [0.25, 0.3) is 11.4 Å². The molecule has 1 aromatic carbocycles. The number of aliphatic hydroxyl groups is 1. The second kappa shape index (κ2) is 4.04. The molecule has 0 saturated carbocycles. The molecule has 0 aliphatic carbocycles. The molecule has 0 atom stereocenters. The Kier molecular flexibility index (Phi) is 2.75. The van der Waals surface area contributed by atoms with Crippen LogP contribution in [0.4, 0.5) is 0 Å². The number of aliphatic hydroxyl groups excluding tert-OH is 1. The summed E-state index contributed by atoms with van der Waals surface area (Å²) in [6.07, 6.45) is 0. The number of imidazole rings is 1. The summed E-state index contributed by atoms with van der Waals surface area (Å²) >= 11 is 5.84. The van der Waals surface area contributed by atoms with Crippen molar-refractivity contribution in [2.75, 3.05) is 0 Å². The largest absolute Gasteiger partial charge is 0.390 e. The van der Waals surface area contributed by atoms with E-state index in [0.29, 0.717) is 16.7 Å². The van der Waals surface area contributed by atoms with E-state index in [1.54, 1.807) is 0 Å². The van der Waals surface area contributed by atoms with Crippen LogP contribution in [-0.4, -0.2) is 15.1 Å². The van der Waals surface area contributed by atoms with Gasteiger partial charge in [0, 0.05) is 5.56 Å². The third kappa shape index (κ3) is 1.89. The number of aryl methyl sites for hydroxylation is 1. The highest BCUT2D eigenvalue weighted by Gasteiger charge is 2.09. The summed E-state index contributed by atoms with van der Waals surface area (Å²) in [7, 11) is 0. The zero-order chi connectivity index (χ0) is 10.8. The summed E-state index contributed by atoms with van der Waals surface area (Å²) in [4.78, 5) is 7.16. The molecule has 0 unspecified atom stereocenters. The minimum absolute atomic E-state index is 0.127. The first kappa shape index (κ1) is 10.2. The van der Waals surface area contributed by atoms with Gasteiger partial charge in [0.15, 0.2) is 5.15 Å². The minimum Gasteiger partial charge on any atom is -0.390 e. The van der Waals surface area contributed by atoms with Gasteiger partial charge in [-0.3, -0.25) is 0 Å². The van der Waals surface area contributed by atoms with E-state index in [9.17, 15) is 0 Å². The molecule has 2 rings (SSSR count). The zero-order valence-electron chi connectivity index (χ0n) is 8.29. The lowest BCUT2D eigenvalue weighted by atomic mass is 10.1. The lowest BCUT2D eigenvalue weighted by Gasteiger charge is -2.00. The van der Waals surface area contributed by atoms with Crippen LogP contribution in [0.1, 0.15) is 11.3 Å². The average molecular weight is 223 g/mol. The Balaban J connectivity index is 2.50. The fraction of sp³-hybridized carbons (Fsp3) is 0.182. The molecule has 0 radical (unpaired) electrons. The molecule has 78 valence electrons. The second-order valence-electron chi connectivity index (χ2n) is 3.33. The number of nitrogens with zero attached hydrogens (tertiary/aromatic N) is 1. The third-order valence-corrected chi connectivity index (χ3v) is 2.60. The summed E-state index contributed by atoms with van der Waals surface area (Å²) in [5, 5.41) is 9.32. The zero-order valence-corrected chi connectivity index (χ0v) is 9.04. The molecule has 4 heteroatoms. The van der Waals surface area contributed by atoms with Crippen molar-refractivity contribution in [2.24, 2.45) is 0 Å². The number of nitrogens with one attached hydrogen (secondary N) is 1. The van der Waals surface area contributed by atoms with Gasteiger partial charge in [-0.25, -0.2) is 4.98 Å². The summed E-state index contributed by atoms with van der Waals surface area (Å²) in [5.41, 5.74) is 2.67. The second-order valence-corrected chi connectivity index (χ2v) is 3.69. The lowest BCUT2D eigenvalue weighted by molar-refractivity contribution is 0.277. The molecule has 0 fully saturated rings. The average Bonchev–Trinajstić information content (AvgIpc) is 2.60. The summed E-state index contributed by atoms with van der Waals surface area (Å²) in [5.74, 6) is 0.696. The first-order chi connectivity index (χ1) is 7.22. The third-order valence-electron chi connectivity index (χ3n) is 2.29. The number of aromatic nitrogens is 2. The van der Waals surface area contributed by atoms with Gasteiger partial charge in [0.2, 0.25) is 0 Å². The van der Waals surface area contributed by atoms with Crippen molar-refractivity contribution in [3.05, 3.63) is 40.7 Å². The molecular weight excluding hydrogens is 212 g/mol. The number of aromatic amines is 1. The number of rotatable bonds is 2. The molecule has 0 bridgehead atoms. The van der Waals surface area contributed by atoms with Gasteiger partial charge in [-0.2, -0.15) is 0 Å². The van der Waals surface area contributed by atoms with Crippen molar-refractivity contribution >= 4 is 11.6 Å². The lowest BCUT2D eigenvalue weighted by Crippen LogP contribution is -1.86. The van der Waals surface area contributed by atoms with Crippen LogP contribution < -0.4 is 0 Å². The van der Waals surface area contributed by atoms with E-state index in [1.807, 2.05) is 31.2 Å². The normalized spacial score (nSPS) is 10.6. The molecule has 0 spiro atoms. The summed E-state index contributed by atoms with van der Waals surface area (Å²) in [6.45, 7) is 1.88. The van der Waals surface area contributed by atoms with Gasteiger partial charge in [-0.15, -0.1) is 0 Å². The Morgan fingerprint density at radius 1 is 1.40 bits per heavy atom. The molecule has 1 aromatic heterocycles. The van der Waals surface area contributed by atoms with Gasteiger partial charge >= 0.3 is 0 Å². The van der Waals surface area contributed by atoms with Crippen LogP contribution in [0.2, 0.25) is 5.15 Å². The van der Waals surface area contributed by atoms with Crippen LogP contribution in [0.15, 0.2) is 24.3 Å². The van der Waals surface area contributed by atoms with E-state index in [2.05, 4.69) is 9.97 Å². The Bertz CT molecular complexity index is 479. The van der Waals surface area contributed by atoms with E-state index < -0.39 is 0 Å². The fourth-order valence-corrected chi connectivity index (χ4v) is 1.65. The van der Waals surface area contributed by atoms with Crippen molar-refractivity contribution in [1.29, 1.82) is 0 Å². The van der Waals surface area contributed by atoms with E-state index in [4.69, 9.17) is 16.7 Å². The van der Waals surface area contributed by atoms with Crippen LogP contribution in [-0.2, 0) is 6.61 Å². The molecular formula is C11H11ClN2O. The Labute approximate surface area is 92.7 Å². The van der Waals surface area contributed by atoms with Gasteiger partial charge in [-0.05, 0) is 12.5 Å². The van der Waals surface area contributed by atoms with Crippen molar-refractivity contribution in [2.45, 2.75) is 13.5 Å². The Morgan fingerprint density at radius 2 is 2.13 bits per heavy atom. The number of hydrogen-bond donors (Lipinski definition) is 2. The molecule has 3 nitrogen and oxygen atoms in total. The van der Waals surface area contributed by atoms with E-state index in [1.165, 1.54) is 0 Å². The quantitative estimate of drug-likeness (QED) is 0.821. The highest BCUT2D eigenvalue weighted by Crippen LogP contribution is 2.23. The predicted octanol–water partition coefficient (Wildman–Crippen LogP) is 2.53. The molecule has 15 heavy (non-hydrogen) atoms. The predicted molar refractivity (Wildman–Crippen MR) is 59.7 cm³/mol. The van der Waals surface area contributed by atoms with Crippen molar-refractivity contribution in [1.82, 2.24) is 9.97 Å². The monoisotopic (exact) mass is 222 g/mol. The van der Waals surface area contributed by atoms with Gasteiger partial charge in [0.25, 0.3) is 0 Å². The van der Waals surface area contributed by atoms with Crippen LogP contribution in [0, 0.1) is 6.92 Å². The van der Waals surface area contributed by atoms with E-state index >= 15 is 0 Å². The van der Waals surface area contributed by atoms with Crippen molar-refractivity contribution < 1.29 is 5.11 Å². The fourth-order valence-electron chi connectivity index (χ4n) is 1.46. The van der Waals surface area contributed by atoms with Crippen molar-refractivity contribution in [3.8, 4) is 11.4 Å². The van der Waals surface area contributed by atoms with Crippen LogP contribution >= 0.6 is 11.6 Å². The van der Waals surface area contributed by atoms with Gasteiger partial charge in [0.05, 0.1) is 12.3 Å². The number of benzene rings is 1. The van der Waals surface area contributed by atoms with Crippen LogP contribution in [0.5, 0.6) is 0 Å². The highest BCUT2D eigenvalue weighted by atomic mass is 35.5. The highest BCUT2D eigenvalue weighted by molar-refractivity contribution is 6.30. The van der Waals surface area contributed by atoms with Crippen LogP contribution in [0.3, 0.4) is 0 Å². The Morgan fingerprint density at radius 3 is 2.73 bits per heavy atom. The standard InChI is InChI=1S/C11H11ClN2O/c1-7-4-2-3-5-8(7)11-13-9(6-15)10(12)14-11/h2-5,15H,6H2,1H3,(H,13,14). The SMILES string of the molecule is Cc1ccccc1-c1nc(Cl)c(CO)[nH]1. The van der Waals surface area contributed by atoms with E-state index in [0.717, 1.165) is 11.1 Å².